The van der Waals surface area contributed by atoms with Crippen LogP contribution in [-0.4, -0.2) is 9.38 Å². The van der Waals surface area contributed by atoms with E-state index in [9.17, 15) is 0 Å². The fraction of sp³-hybridized carbons (Fsp3) is 0.235. The first kappa shape index (κ1) is 14.1. The van der Waals surface area contributed by atoms with E-state index in [1.807, 2.05) is 18.2 Å². The summed E-state index contributed by atoms with van der Waals surface area (Å²) in [6.07, 6.45) is 4.14. The minimum atomic E-state index is 0.803. The Morgan fingerprint density at radius 3 is 2.71 bits per heavy atom. The number of nitrogens with zero attached hydrogens (tertiary/aromatic N) is 2. The molecule has 0 fully saturated rings. The maximum Gasteiger partial charge on any atom is 0.138 e. The number of fused-ring (bicyclic) bond motifs is 1. The third-order valence-corrected chi connectivity index (χ3v) is 3.91. The van der Waals surface area contributed by atoms with Gasteiger partial charge in [-0.05, 0) is 40.0 Å². The zero-order valence-corrected chi connectivity index (χ0v) is 13.6. The van der Waals surface area contributed by atoms with Gasteiger partial charge in [-0.15, -0.1) is 0 Å². The quantitative estimate of drug-likeness (QED) is 0.729. The summed E-state index contributed by atoms with van der Waals surface area (Å²) < 4.78 is 3.18. The lowest BCUT2D eigenvalue weighted by molar-refractivity contribution is 0.891. The molecule has 0 unspecified atom stereocenters. The molecule has 1 N–H and O–H groups in total. The highest BCUT2D eigenvalue weighted by atomic mass is 79.9. The van der Waals surface area contributed by atoms with E-state index >= 15 is 0 Å². The van der Waals surface area contributed by atoms with Crippen LogP contribution in [0, 0.1) is 0 Å². The summed E-state index contributed by atoms with van der Waals surface area (Å²) in [5, 5.41) is 3.54. The van der Waals surface area contributed by atoms with E-state index in [1.54, 1.807) is 0 Å². The Hall–Kier alpha value is -1.81. The summed E-state index contributed by atoms with van der Waals surface area (Å²) in [6.45, 7) is 2.98. The molecule has 3 nitrogen and oxygen atoms in total. The summed E-state index contributed by atoms with van der Waals surface area (Å²) in [5.41, 5.74) is 3.38. The molecular weight excluding hydrogens is 326 g/mol. The van der Waals surface area contributed by atoms with Crippen LogP contribution in [0.4, 0.5) is 5.82 Å². The second kappa shape index (κ2) is 6.31. The van der Waals surface area contributed by atoms with Crippen LogP contribution in [0.2, 0.25) is 0 Å². The minimum Gasteiger partial charge on any atom is -0.366 e. The molecule has 0 saturated heterocycles. The normalized spacial score (nSPS) is 11.0. The average molecular weight is 344 g/mol. The van der Waals surface area contributed by atoms with Crippen LogP contribution in [-0.2, 0) is 13.0 Å². The van der Waals surface area contributed by atoms with Crippen molar-refractivity contribution in [3.8, 4) is 0 Å². The molecule has 0 aliphatic heterocycles. The highest BCUT2D eigenvalue weighted by molar-refractivity contribution is 9.10. The Bertz CT molecular complexity index is 734. The molecule has 2 heterocycles. The standard InChI is InChI=1S/C17H18BrN3/c1-2-6-15-17(19-11-13-7-4-3-5-8-13)21-12-14(18)9-10-16(21)20-15/h3-5,7-10,12,19H,2,6,11H2,1H3. The molecule has 3 aromatic rings. The van der Waals surface area contributed by atoms with Gasteiger partial charge >= 0.3 is 0 Å². The number of imidazole rings is 1. The molecule has 4 heteroatoms. The van der Waals surface area contributed by atoms with Crippen LogP contribution in [0.25, 0.3) is 5.65 Å². The van der Waals surface area contributed by atoms with Gasteiger partial charge in [-0.25, -0.2) is 4.98 Å². The molecule has 0 aliphatic carbocycles. The largest absolute Gasteiger partial charge is 0.366 e. The first-order valence-corrected chi connectivity index (χ1v) is 8.01. The molecule has 3 rings (SSSR count). The first-order valence-electron chi connectivity index (χ1n) is 7.22. The third-order valence-electron chi connectivity index (χ3n) is 3.44. The third kappa shape index (κ3) is 3.10. The average Bonchev–Trinajstić information content (AvgIpc) is 2.83. The molecule has 2 aromatic heterocycles. The maximum absolute atomic E-state index is 4.74. The van der Waals surface area contributed by atoms with E-state index in [1.165, 1.54) is 5.56 Å². The second-order valence-corrected chi connectivity index (χ2v) is 5.99. The van der Waals surface area contributed by atoms with Gasteiger partial charge in [-0.3, -0.25) is 4.40 Å². The van der Waals surface area contributed by atoms with Gasteiger partial charge in [0.05, 0.1) is 5.69 Å². The molecule has 0 spiro atoms. The molecular formula is C17H18BrN3. The predicted molar refractivity (Wildman–Crippen MR) is 90.7 cm³/mol. The van der Waals surface area contributed by atoms with Crippen molar-refractivity contribution >= 4 is 27.4 Å². The van der Waals surface area contributed by atoms with E-state index in [4.69, 9.17) is 4.98 Å². The molecule has 1 aromatic carbocycles. The van der Waals surface area contributed by atoms with E-state index < -0.39 is 0 Å². The van der Waals surface area contributed by atoms with Crippen molar-refractivity contribution in [1.82, 2.24) is 9.38 Å². The number of nitrogens with one attached hydrogen (secondary N) is 1. The van der Waals surface area contributed by atoms with Gasteiger partial charge in [-0.2, -0.15) is 0 Å². The number of hydrogen-bond donors (Lipinski definition) is 1. The molecule has 0 amide bonds. The summed E-state index contributed by atoms with van der Waals surface area (Å²) in [5.74, 6) is 1.09. The fourth-order valence-electron chi connectivity index (χ4n) is 2.45. The van der Waals surface area contributed by atoms with E-state index in [0.29, 0.717) is 0 Å². The lowest BCUT2D eigenvalue weighted by atomic mass is 10.2. The Kier molecular flexibility index (Phi) is 4.25. The zero-order valence-electron chi connectivity index (χ0n) is 12.0. The van der Waals surface area contributed by atoms with Gasteiger partial charge in [0.2, 0.25) is 0 Å². The molecule has 0 bridgehead atoms. The van der Waals surface area contributed by atoms with Crippen LogP contribution in [0.3, 0.4) is 0 Å². The summed E-state index contributed by atoms with van der Waals surface area (Å²) in [6, 6.07) is 14.5. The van der Waals surface area contributed by atoms with Crippen LogP contribution in [0.1, 0.15) is 24.6 Å². The number of halogens is 1. The number of rotatable bonds is 5. The van der Waals surface area contributed by atoms with Gasteiger partial charge in [-0.1, -0.05) is 43.7 Å². The minimum absolute atomic E-state index is 0.803. The van der Waals surface area contributed by atoms with Crippen LogP contribution in [0.5, 0.6) is 0 Å². The van der Waals surface area contributed by atoms with Gasteiger partial charge in [0.15, 0.2) is 0 Å². The van der Waals surface area contributed by atoms with Crippen molar-refractivity contribution < 1.29 is 0 Å². The molecule has 0 radical (unpaired) electrons. The summed E-state index contributed by atoms with van der Waals surface area (Å²) >= 11 is 3.53. The first-order chi connectivity index (χ1) is 10.3. The van der Waals surface area contributed by atoms with Crippen LogP contribution in [0.15, 0.2) is 53.1 Å². The number of aromatic nitrogens is 2. The second-order valence-electron chi connectivity index (χ2n) is 5.07. The number of pyridine rings is 1. The lowest BCUT2D eigenvalue weighted by Gasteiger charge is -2.09. The van der Waals surface area contributed by atoms with Crippen molar-refractivity contribution in [3.63, 3.8) is 0 Å². The Labute approximate surface area is 133 Å². The van der Waals surface area contributed by atoms with Crippen molar-refractivity contribution in [2.24, 2.45) is 0 Å². The highest BCUT2D eigenvalue weighted by Crippen LogP contribution is 2.23. The number of aryl methyl sites for hydroxylation is 1. The van der Waals surface area contributed by atoms with Gasteiger partial charge < -0.3 is 5.32 Å². The Morgan fingerprint density at radius 2 is 1.95 bits per heavy atom. The molecule has 0 saturated carbocycles. The summed E-state index contributed by atoms with van der Waals surface area (Å²) in [4.78, 5) is 4.74. The smallest absolute Gasteiger partial charge is 0.138 e. The van der Waals surface area contributed by atoms with E-state index in [0.717, 1.165) is 41.0 Å². The monoisotopic (exact) mass is 343 g/mol. The van der Waals surface area contributed by atoms with Crippen molar-refractivity contribution in [1.29, 1.82) is 0 Å². The molecule has 0 aliphatic rings. The topological polar surface area (TPSA) is 29.3 Å². The van der Waals surface area contributed by atoms with Crippen molar-refractivity contribution in [3.05, 3.63) is 64.4 Å². The Morgan fingerprint density at radius 1 is 1.14 bits per heavy atom. The molecule has 21 heavy (non-hydrogen) atoms. The number of anilines is 1. The van der Waals surface area contributed by atoms with E-state index in [2.05, 4.69) is 63.0 Å². The summed E-state index contributed by atoms with van der Waals surface area (Å²) in [7, 11) is 0. The zero-order chi connectivity index (χ0) is 14.7. The van der Waals surface area contributed by atoms with Gasteiger partial charge in [0.1, 0.15) is 11.5 Å². The fourth-order valence-corrected chi connectivity index (χ4v) is 2.78. The van der Waals surface area contributed by atoms with E-state index in [-0.39, 0.29) is 0 Å². The Balaban J connectivity index is 1.94. The number of hydrogen-bond acceptors (Lipinski definition) is 2. The van der Waals surface area contributed by atoms with Crippen LogP contribution < -0.4 is 5.32 Å². The predicted octanol–water partition coefficient (Wildman–Crippen LogP) is 4.66. The highest BCUT2D eigenvalue weighted by Gasteiger charge is 2.11. The van der Waals surface area contributed by atoms with Gasteiger partial charge in [0.25, 0.3) is 0 Å². The lowest BCUT2D eigenvalue weighted by Crippen LogP contribution is -2.04. The van der Waals surface area contributed by atoms with Crippen molar-refractivity contribution in [2.75, 3.05) is 5.32 Å². The molecule has 108 valence electrons. The molecule has 0 atom stereocenters. The number of benzene rings is 1. The SMILES string of the molecule is CCCc1nc2ccc(Br)cn2c1NCc1ccccc1. The van der Waals surface area contributed by atoms with Crippen LogP contribution >= 0.6 is 15.9 Å². The maximum atomic E-state index is 4.74. The van der Waals surface area contributed by atoms with Crippen molar-refractivity contribution in [2.45, 2.75) is 26.3 Å². The van der Waals surface area contributed by atoms with Gasteiger partial charge in [0, 0.05) is 17.2 Å².